The molecule has 1 heterocycles. The molecule has 14 nitrogen and oxygen atoms in total. The van der Waals surface area contributed by atoms with Crippen LogP contribution in [0.15, 0.2) is 120 Å². The maximum atomic E-state index is 13.3. The lowest BCUT2D eigenvalue weighted by atomic mass is 10.2. The number of nitrogens with zero attached hydrogens (tertiary/aromatic N) is 2. The van der Waals surface area contributed by atoms with Crippen molar-refractivity contribution in [3.05, 3.63) is 132 Å². The number of rotatable bonds is 25. The quantitative estimate of drug-likeness (QED) is 0.0156. The van der Waals surface area contributed by atoms with Crippen molar-refractivity contribution in [3.8, 4) is 34.5 Å². The average molecular weight is 833 g/mol. The number of hydrogen-bond acceptors (Lipinski definition) is 14. The fraction of sp³-hybridized carbons (Fsp3) is 0.277. The van der Waals surface area contributed by atoms with Crippen LogP contribution in [0.4, 0.5) is 0 Å². The maximum Gasteiger partial charge on any atom is 0.343 e. The molecule has 1 aliphatic heterocycles. The van der Waals surface area contributed by atoms with Gasteiger partial charge in [0.2, 0.25) is 6.79 Å². The summed E-state index contributed by atoms with van der Waals surface area (Å²) < 4.78 is 43.8. The van der Waals surface area contributed by atoms with Crippen LogP contribution in [0.2, 0.25) is 0 Å². The monoisotopic (exact) mass is 832 g/mol. The molecule has 0 unspecified atom stereocenters. The SMILES string of the molecule is C=CC(=O)OCCCCCCOc1ccc(C(=O)Oc2ccc(OC(=O)c3ccc(OCCCCCCOC(=O)C=C)cc3)c(/C=N/N=C/c3ccc4c(c3)OCO4)c2)cc1. The number of carbonyl (C=O) groups excluding carboxylic acids is 4. The van der Waals surface area contributed by atoms with E-state index in [2.05, 4.69) is 23.4 Å². The zero-order valence-electron chi connectivity index (χ0n) is 33.8. The first kappa shape index (κ1) is 44.9. The Hall–Kier alpha value is -7.22. The number of benzene rings is 4. The molecule has 0 radical (unpaired) electrons. The summed E-state index contributed by atoms with van der Waals surface area (Å²) in [4.78, 5) is 48.6. The van der Waals surface area contributed by atoms with Crippen LogP contribution in [0.25, 0.3) is 0 Å². The van der Waals surface area contributed by atoms with Crippen LogP contribution >= 0.6 is 0 Å². The third-order valence-corrected chi connectivity index (χ3v) is 8.88. The number of carbonyl (C=O) groups is 4. The van der Waals surface area contributed by atoms with Crippen LogP contribution in [0, 0.1) is 0 Å². The molecule has 318 valence electrons. The van der Waals surface area contributed by atoms with E-state index in [9.17, 15) is 19.2 Å². The van der Waals surface area contributed by atoms with Crippen LogP contribution in [0.3, 0.4) is 0 Å². The molecule has 1 aliphatic rings. The van der Waals surface area contributed by atoms with Gasteiger partial charge in [0.05, 0.1) is 50.0 Å². The average Bonchev–Trinajstić information content (AvgIpc) is 3.76. The van der Waals surface area contributed by atoms with Crippen LogP contribution < -0.4 is 28.4 Å². The Morgan fingerprint density at radius 2 is 1.05 bits per heavy atom. The van der Waals surface area contributed by atoms with Gasteiger partial charge in [-0.05, 0) is 142 Å². The minimum atomic E-state index is -0.624. The second-order valence-electron chi connectivity index (χ2n) is 13.4. The molecule has 0 N–H and O–H groups in total. The van der Waals surface area contributed by atoms with Gasteiger partial charge in [0.1, 0.15) is 23.0 Å². The minimum Gasteiger partial charge on any atom is -0.494 e. The van der Waals surface area contributed by atoms with Gasteiger partial charge >= 0.3 is 23.9 Å². The van der Waals surface area contributed by atoms with Crippen molar-refractivity contribution in [1.29, 1.82) is 0 Å². The zero-order chi connectivity index (χ0) is 43.1. The van der Waals surface area contributed by atoms with Crippen molar-refractivity contribution in [2.24, 2.45) is 10.2 Å². The van der Waals surface area contributed by atoms with Gasteiger partial charge in [-0.1, -0.05) is 13.2 Å². The molecule has 0 fully saturated rings. The largest absolute Gasteiger partial charge is 0.494 e. The number of esters is 4. The molecule has 0 aliphatic carbocycles. The number of ether oxygens (including phenoxy) is 8. The van der Waals surface area contributed by atoms with Crippen molar-refractivity contribution in [3.63, 3.8) is 0 Å². The predicted molar refractivity (Wildman–Crippen MR) is 227 cm³/mol. The van der Waals surface area contributed by atoms with E-state index >= 15 is 0 Å². The molecule has 61 heavy (non-hydrogen) atoms. The first-order chi connectivity index (χ1) is 29.8. The third kappa shape index (κ3) is 15.5. The fourth-order valence-corrected chi connectivity index (χ4v) is 5.63. The molecule has 0 bridgehead atoms. The Balaban J connectivity index is 1.16. The minimum absolute atomic E-state index is 0.149. The summed E-state index contributed by atoms with van der Waals surface area (Å²) in [5, 5.41) is 8.30. The Kier molecular flexibility index (Phi) is 18.1. The number of fused-ring (bicyclic) bond motifs is 1. The van der Waals surface area contributed by atoms with E-state index in [0.717, 1.165) is 69.1 Å². The molecular weight excluding hydrogens is 785 g/mol. The van der Waals surface area contributed by atoms with Gasteiger partial charge in [-0.2, -0.15) is 10.2 Å². The van der Waals surface area contributed by atoms with Gasteiger partial charge in [-0.15, -0.1) is 0 Å². The van der Waals surface area contributed by atoms with Gasteiger partial charge in [0.15, 0.2) is 11.5 Å². The summed E-state index contributed by atoms with van der Waals surface area (Å²) in [6, 6.07) is 23.1. The van der Waals surface area contributed by atoms with Crippen molar-refractivity contribution < 1.29 is 57.1 Å². The van der Waals surface area contributed by atoms with Crippen molar-refractivity contribution in [2.75, 3.05) is 33.2 Å². The molecule has 0 atom stereocenters. The molecule has 0 amide bonds. The summed E-state index contributed by atoms with van der Waals surface area (Å²) in [7, 11) is 0. The van der Waals surface area contributed by atoms with E-state index in [0.29, 0.717) is 60.6 Å². The Morgan fingerprint density at radius 1 is 0.541 bits per heavy atom. The van der Waals surface area contributed by atoms with Gasteiger partial charge in [-0.25, -0.2) is 19.2 Å². The topological polar surface area (TPSA) is 167 Å². The highest BCUT2D eigenvalue weighted by Crippen LogP contribution is 2.32. The van der Waals surface area contributed by atoms with E-state index in [1.165, 1.54) is 30.6 Å². The van der Waals surface area contributed by atoms with Crippen LogP contribution in [-0.4, -0.2) is 69.5 Å². The van der Waals surface area contributed by atoms with E-state index in [1.54, 1.807) is 66.7 Å². The first-order valence-corrected chi connectivity index (χ1v) is 19.9. The second-order valence-corrected chi connectivity index (χ2v) is 13.4. The molecule has 0 spiro atoms. The standard InChI is InChI=1S/C47H48N2O12/c1-3-44(50)56-27-11-7-5-9-25-54-38-18-14-35(15-19-38)46(52)60-40-22-24-41(37(30-40)32-49-48-31-34-13-23-42-43(29-34)59-33-58-42)61-47(53)36-16-20-39(21-17-36)55-26-10-6-8-12-28-57-45(51)4-2/h3-4,13-24,29-32H,1-2,5-12,25-28,33H2/b48-31+,49-32+. The normalized spacial score (nSPS) is 11.5. The smallest absolute Gasteiger partial charge is 0.343 e. The first-order valence-electron chi connectivity index (χ1n) is 19.9. The van der Waals surface area contributed by atoms with E-state index in [-0.39, 0.29) is 23.9 Å². The molecule has 5 rings (SSSR count). The number of hydrogen-bond donors (Lipinski definition) is 0. The summed E-state index contributed by atoms with van der Waals surface area (Å²) in [5.74, 6) is 0.727. The molecule has 0 aromatic heterocycles. The predicted octanol–water partition coefficient (Wildman–Crippen LogP) is 8.64. The third-order valence-electron chi connectivity index (χ3n) is 8.88. The Bertz CT molecular complexity index is 2160. The molecular formula is C47H48N2O12. The Morgan fingerprint density at radius 3 is 1.62 bits per heavy atom. The van der Waals surface area contributed by atoms with E-state index in [1.807, 2.05) is 0 Å². The lowest BCUT2D eigenvalue weighted by Crippen LogP contribution is -2.11. The van der Waals surface area contributed by atoms with Gasteiger partial charge in [-0.3, -0.25) is 0 Å². The lowest BCUT2D eigenvalue weighted by molar-refractivity contribution is -0.138. The summed E-state index contributed by atoms with van der Waals surface area (Å²) >= 11 is 0. The van der Waals surface area contributed by atoms with Gasteiger partial charge in [0.25, 0.3) is 0 Å². The molecule has 14 heteroatoms. The van der Waals surface area contributed by atoms with E-state index < -0.39 is 23.9 Å². The van der Waals surface area contributed by atoms with Crippen molar-refractivity contribution >= 4 is 36.3 Å². The molecule has 4 aromatic carbocycles. The summed E-state index contributed by atoms with van der Waals surface area (Å²) in [6.45, 7) is 8.62. The lowest BCUT2D eigenvalue weighted by Gasteiger charge is -2.11. The summed E-state index contributed by atoms with van der Waals surface area (Å²) in [6.07, 6.45) is 12.0. The molecule has 0 saturated carbocycles. The highest BCUT2D eigenvalue weighted by atomic mass is 16.7. The highest BCUT2D eigenvalue weighted by molar-refractivity contribution is 5.94. The maximum absolute atomic E-state index is 13.3. The van der Waals surface area contributed by atoms with Crippen LogP contribution in [0.1, 0.15) is 83.2 Å². The highest BCUT2D eigenvalue weighted by Gasteiger charge is 2.16. The zero-order valence-corrected chi connectivity index (χ0v) is 33.8. The van der Waals surface area contributed by atoms with Crippen LogP contribution in [0.5, 0.6) is 34.5 Å². The van der Waals surface area contributed by atoms with E-state index in [4.69, 9.17) is 37.9 Å². The molecule has 4 aromatic rings. The fourth-order valence-electron chi connectivity index (χ4n) is 5.63. The van der Waals surface area contributed by atoms with Crippen LogP contribution in [-0.2, 0) is 19.1 Å². The van der Waals surface area contributed by atoms with Crippen molar-refractivity contribution in [2.45, 2.75) is 51.4 Å². The molecule has 0 saturated heterocycles. The summed E-state index contributed by atoms with van der Waals surface area (Å²) in [5.41, 5.74) is 1.64. The Labute approximate surface area is 354 Å². The number of unbranched alkanes of at least 4 members (excludes halogenated alkanes) is 6. The van der Waals surface area contributed by atoms with Gasteiger partial charge < -0.3 is 37.9 Å². The van der Waals surface area contributed by atoms with Gasteiger partial charge in [0, 0.05) is 17.7 Å². The van der Waals surface area contributed by atoms with Crippen molar-refractivity contribution in [1.82, 2.24) is 0 Å². The second kappa shape index (κ2) is 24.6.